The lowest BCUT2D eigenvalue weighted by atomic mass is 10.3. The van der Waals surface area contributed by atoms with Gasteiger partial charge in [-0.05, 0) is 19.1 Å². The van der Waals surface area contributed by atoms with Crippen LogP contribution in [-0.2, 0) is 9.59 Å². The van der Waals surface area contributed by atoms with Gasteiger partial charge in [0.05, 0.1) is 0 Å². The first-order chi connectivity index (χ1) is 5.46. The first-order valence-corrected chi connectivity index (χ1v) is 3.99. The summed E-state index contributed by atoms with van der Waals surface area (Å²) < 4.78 is 0. The molecule has 0 N–H and O–H groups in total. The molecular formula is C7H10N2O2S. The SMILES string of the molecule is CC(=O)N1C(=S)N(C)C(=O)C1C. The van der Waals surface area contributed by atoms with Crippen LogP contribution in [-0.4, -0.2) is 39.8 Å². The average molecular weight is 186 g/mol. The molecule has 0 bridgehead atoms. The van der Waals surface area contributed by atoms with Crippen molar-refractivity contribution in [1.82, 2.24) is 9.80 Å². The van der Waals surface area contributed by atoms with Gasteiger partial charge in [-0.25, -0.2) is 0 Å². The van der Waals surface area contributed by atoms with Crippen LogP contribution in [0.2, 0.25) is 0 Å². The zero-order chi connectivity index (χ0) is 9.46. The second-order valence-corrected chi connectivity index (χ2v) is 3.11. The lowest BCUT2D eigenvalue weighted by Gasteiger charge is -2.16. The standard InChI is InChI=1S/C7H10N2O2S/c1-4-6(11)8(3)7(12)9(4)5(2)10/h4H,1-3H3. The molecule has 0 spiro atoms. The monoisotopic (exact) mass is 186 g/mol. The maximum Gasteiger partial charge on any atom is 0.251 e. The zero-order valence-electron chi connectivity index (χ0n) is 7.20. The van der Waals surface area contributed by atoms with Crippen molar-refractivity contribution in [3.63, 3.8) is 0 Å². The number of carbonyl (C=O) groups is 2. The molecule has 66 valence electrons. The summed E-state index contributed by atoms with van der Waals surface area (Å²) in [7, 11) is 1.57. The topological polar surface area (TPSA) is 40.6 Å². The lowest BCUT2D eigenvalue weighted by Crippen LogP contribution is -2.36. The summed E-state index contributed by atoms with van der Waals surface area (Å²) >= 11 is 4.90. The zero-order valence-corrected chi connectivity index (χ0v) is 8.01. The molecule has 4 nitrogen and oxygen atoms in total. The van der Waals surface area contributed by atoms with Gasteiger partial charge in [-0.1, -0.05) is 0 Å². The van der Waals surface area contributed by atoms with Gasteiger partial charge in [-0.3, -0.25) is 19.4 Å². The molecule has 0 saturated carbocycles. The van der Waals surface area contributed by atoms with E-state index in [9.17, 15) is 9.59 Å². The summed E-state index contributed by atoms with van der Waals surface area (Å²) in [5.41, 5.74) is 0. The summed E-state index contributed by atoms with van der Waals surface area (Å²) in [5.74, 6) is -0.319. The van der Waals surface area contributed by atoms with Gasteiger partial charge in [0.2, 0.25) is 5.91 Å². The van der Waals surface area contributed by atoms with Crippen molar-refractivity contribution in [2.75, 3.05) is 7.05 Å². The van der Waals surface area contributed by atoms with Gasteiger partial charge in [-0.15, -0.1) is 0 Å². The van der Waals surface area contributed by atoms with Gasteiger partial charge in [0, 0.05) is 14.0 Å². The van der Waals surface area contributed by atoms with E-state index in [-0.39, 0.29) is 11.8 Å². The normalized spacial score (nSPS) is 23.8. The minimum Gasteiger partial charge on any atom is -0.290 e. The van der Waals surface area contributed by atoms with Crippen molar-refractivity contribution >= 4 is 29.1 Å². The molecule has 1 unspecified atom stereocenters. The third kappa shape index (κ3) is 1.10. The number of hydrogen-bond acceptors (Lipinski definition) is 3. The van der Waals surface area contributed by atoms with Crippen LogP contribution in [0.4, 0.5) is 0 Å². The highest BCUT2D eigenvalue weighted by atomic mass is 32.1. The molecule has 0 radical (unpaired) electrons. The number of likely N-dealkylation sites (N-methyl/N-ethyl adjacent to an activating group) is 1. The lowest BCUT2D eigenvalue weighted by molar-refractivity contribution is -0.132. The first kappa shape index (κ1) is 9.12. The van der Waals surface area contributed by atoms with Crippen LogP contribution in [0.1, 0.15) is 13.8 Å². The third-order valence-corrected chi connectivity index (χ3v) is 2.38. The maximum absolute atomic E-state index is 11.3. The van der Waals surface area contributed by atoms with E-state index in [4.69, 9.17) is 12.2 Å². The molecule has 1 fully saturated rings. The first-order valence-electron chi connectivity index (χ1n) is 3.58. The Hall–Kier alpha value is -0.970. The van der Waals surface area contributed by atoms with Gasteiger partial charge in [-0.2, -0.15) is 0 Å². The Kier molecular flexibility index (Phi) is 2.14. The highest BCUT2D eigenvalue weighted by Crippen LogP contribution is 2.15. The Morgan fingerprint density at radius 2 is 2.08 bits per heavy atom. The molecule has 0 aromatic carbocycles. The van der Waals surface area contributed by atoms with E-state index in [1.165, 1.54) is 16.7 Å². The summed E-state index contributed by atoms with van der Waals surface area (Å²) in [5, 5.41) is 0.292. The van der Waals surface area contributed by atoms with Crippen molar-refractivity contribution in [2.24, 2.45) is 0 Å². The Balaban J connectivity index is 2.99. The molecule has 2 amide bonds. The fourth-order valence-corrected chi connectivity index (χ4v) is 1.60. The number of carbonyl (C=O) groups excluding carboxylic acids is 2. The van der Waals surface area contributed by atoms with Gasteiger partial charge >= 0.3 is 0 Å². The van der Waals surface area contributed by atoms with E-state index < -0.39 is 6.04 Å². The van der Waals surface area contributed by atoms with E-state index in [1.54, 1.807) is 14.0 Å². The molecule has 5 heteroatoms. The van der Waals surface area contributed by atoms with Crippen molar-refractivity contribution < 1.29 is 9.59 Å². The third-order valence-electron chi connectivity index (χ3n) is 1.91. The van der Waals surface area contributed by atoms with Crippen molar-refractivity contribution in [2.45, 2.75) is 19.9 Å². The van der Waals surface area contributed by atoms with Crippen molar-refractivity contribution in [3.05, 3.63) is 0 Å². The van der Waals surface area contributed by atoms with Gasteiger partial charge < -0.3 is 0 Å². The van der Waals surface area contributed by atoms with Crippen molar-refractivity contribution in [1.29, 1.82) is 0 Å². The molecule has 1 aliphatic heterocycles. The van der Waals surface area contributed by atoms with E-state index in [1.807, 2.05) is 0 Å². The van der Waals surface area contributed by atoms with Crippen LogP contribution in [0.5, 0.6) is 0 Å². The van der Waals surface area contributed by atoms with Crippen LogP contribution in [0.3, 0.4) is 0 Å². The number of nitrogens with zero attached hydrogens (tertiary/aromatic N) is 2. The fourth-order valence-electron chi connectivity index (χ4n) is 1.22. The molecule has 1 heterocycles. The van der Waals surface area contributed by atoms with Crippen LogP contribution < -0.4 is 0 Å². The Labute approximate surface area is 76.1 Å². The molecule has 12 heavy (non-hydrogen) atoms. The number of amides is 2. The van der Waals surface area contributed by atoms with Crippen LogP contribution in [0.15, 0.2) is 0 Å². The fraction of sp³-hybridized carbons (Fsp3) is 0.571. The van der Waals surface area contributed by atoms with E-state index >= 15 is 0 Å². The predicted molar refractivity (Wildman–Crippen MR) is 47.4 cm³/mol. The Morgan fingerprint density at radius 1 is 1.58 bits per heavy atom. The van der Waals surface area contributed by atoms with Gasteiger partial charge in [0.15, 0.2) is 5.11 Å². The summed E-state index contributed by atoms with van der Waals surface area (Å²) in [6.45, 7) is 3.06. The highest BCUT2D eigenvalue weighted by Gasteiger charge is 2.39. The Morgan fingerprint density at radius 3 is 2.25 bits per heavy atom. The van der Waals surface area contributed by atoms with E-state index in [0.29, 0.717) is 5.11 Å². The second-order valence-electron chi connectivity index (χ2n) is 2.74. The molecular weight excluding hydrogens is 176 g/mol. The molecule has 0 aromatic heterocycles. The molecule has 1 rings (SSSR count). The largest absolute Gasteiger partial charge is 0.290 e. The minimum absolute atomic E-state index is 0.129. The van der Waals surface area contributed by atoms with Crippen LogP contribution >= 0.6 is 12.2 Å². The molecule has 0 aromatic rings. The van der Waals surface area contributed by atoms with Gasteiger partial charge in [0.1, 0.15) is 6.04 Å². The maximum atomic E-state index is 11.3. The predicted octanol–water partition coefficient (Wildman–Crippen LogP) is -0.0197. The summed E-state index contributed by atoms with van der Waals surface area (Å²) in [6.07, 6.45) is 0. The number of hydrogen-bond donors (Lipinski definition) is 0. The number of rotatable bonds is 0. The van der Waals surface area contributed by atoms with E-state index in [2.05, 4.69) is 0 Å². The van der Waals surface area contributed by atoms with Crippen LogP contribution in [0, 0.1) is 0 Å². The van der Waals surface area contributed by atoms with Crippen molar-refractivity contribution in [3.8, 4) is 0 Å². The minimum atomic E-state index is -0.444. The molecule has 1 atom stereocenters. The average Bonchev–Trinajstić information content (AvgIpc) is 2.16. The molecule has 0 aliphatic carbocycles. The quantitative estimate of drug-likeness (QED) is 0.499. The van der Waals surface area contributed by atoms with E-state index in [0.717, 1.165) is 0 Å². The smallest absolute Gasteiger partial charge is 0.251 e. The Bertz CT molecular complexity index is 264. The number of thiocarbonyl (C=S) groups is 1. The highest BCUT2D eigenvalue weighted by molar-refractivity contribution is 7.80. The van der Waals surface area contributed by atoms with Gasteiger partial charge in [0.25, 0.3) is 5.91 Å². The second kappa shape index (κ2) is 2.82. The molecule has 1 saturated heterocycles. The molecule has 1 aliphatic rings. The summed E-state index contributed by atoms with van der Waals surface area (Å²) in [6, 6.07) is -0.444. The summed E-state index contributed by atoms with van der Waals surface area (Å²) in [4.78, 5) is 24.9. The van der Waals surface area contributed by atoms with Crippen LogP contribution in [0.25, 0.3) is 0 Å².